The number of alkyl halides is 6. The second-order valence-electron chi connectivity index (χ2n) is 19.8. The number of terminal acetylenes is 1. The van der Waals surface area contributed by atoms with Crippen LogP contribution in [0.3, 0.4) is 0 Å². The SMILES string of the molecule is C#CC#CC#CC#CC#CC#CC#CC#CC#CC#CC#CC#CC#CC#CC#CC#CC#CC#CC#CC#CC#CC#CC#CC#CC#CC#CC#CC#CC#CC#CC#CC#CC#CC#CC#CC#CC#CC#CC#CC#CC#CC#CC#CC#CC#CC#CC#CC#CC#CC#CC#CC#CC#CC#CC#N.[C-]#[N+]c1ccc(N2C(=O)CN(c3ccc(C#N)c(C(F)(F)F)c3)C2=S)cc1C(F)(F)F. The lowest BCUT2D eigenvalue weighted by Crippen LogP contribution is -2.33. The van der Waals surface area contributed by atoms with Crippen molar-refractivity contribution in [2.75, 3.05) is 16.3 Å². The summed E-state index contributed by atoms with van der Waals surface area (Å²) in [6, 6.07) is 8.32. The number of halogens is 6. The van der Waals surface area contributed by atoms with E-state index in [1.165, 1.54) is 6.07 Å². The fraction of sp³-hybridized carbons (Fsp3) is 0.0234. The molecule has 1 saturated heterocycles. The molecule has 0 saturated carbocycles. The monoisotopic (exact) mass is 1780 g/mol. The van der Waals surface area contributed by atoms with Gasteiger partial charge in [0, 0.05) is 597 Å². The third kappa shape index (κ3) is 64.5. The highest BCUT2D eigenvalue weighted by Gasteiger charge is 2.40. The number of amides is 1. The van der Waals surface area contributed by atoms with Crippen molar-refractivity contribution in [1.29, 1.82) is 10.5 Å². The summed E-state index contributed by atoms with van der Waals surface area (Å²) in [4.78, 5) is 17.0. The van der Waals surface area contributed by atoms with Crippen LogP contribution in [0.1, 0.15) is 16.7 Å². The van der Waals surface area contributed by atoms with E-state index in [4.69, 9.17) is 35.7 Å². The topological polar surface area (TPSA) is 75.5 Å². The van der Waals surface area contributed by atoms with Gasteiger partial charge in [-0.05, 0) is 89.9 Å². The van der Waals surface area contributed by atoms with Crippen molar-refractivity contribution < 1.29 is 31.1 Å². The summed E-state index contributed by atoms with van der Waals surface area (Å²) in [6.07, 6.45) is -4.76. The van der Waals surface area contributed by atoms with Crippen molar-refractivity contribution in [2.24, 2.45) is 0 Å². The zero-order valence-electron chi connectivity index (χ0n) is 70.1. The molecule has 0 N–H and O–H groups in total. The van der Waals surface area contributed by atoms with Gasteiger partial charge in [0.15, 0.2) is 16.9 Å². The Hall–Kier alpha value is -27.9. The number of benzene rings is 2. The molecule has 1 heterocycles. The fourth-order valence-electron chi connectivity index (χ4n) is 6.29. The maximum absolute atomic E-state index is 13.2. The van der Waals surface area contributed by atoms with E-state index in [9.17, 15) is 31.1 Å². The van der Waals surface area contributed by atoms with Gasteiger partial charge in [-0.2, -0.15) is 36.9 Å². The maximum Gasteiger partial charge on any atom is 0.417 e. The van der Waals surface area contributed by atoms with E-state index in [1.54, 1.807) is 6.07 Å². The number of rotatable bonds is 2. The lowest BCUT2D eigenvalue weighted by atomic mass is 10.1. The standard InChI is InChI=1S/C109HN.C19H8F6N4OS/c1-2-3-4-5-6-7-8-9-10-11-12-13-14-15-16-17-18-19-20-21-22-23-24-25-26-27-28-29-30-31-32-33-34-35-36-37-38-39-40-41-42-43-44-45-46-47-48-49-50-51-52-53-54-55-56-57-58-59-60-61-62-63-64-65-66-67-68-69-70-71-72-73-74-75-76-77-78-79-80-81-82-83-84-85-86-87-88-89-90-91-92-93-94-95-96-97-98-99-100-101-102-103-104-105-106-107-108-109-110;1-27-15-5-4-12(7-14(15)19(23,24)25)29-16(30)9-28(17(29)31)11-3-2-10(8-26)13(6-11)18(20,21)22/h1H;2-7H,9H2. The highest BCUT2D eigenvalue weighted by atomic mass is 32.1. The Bertz CT molecular complexity index is 9330. The number of carbonyl (C=O) groups is 1. The average molecular weight is 1780 g/mol. The molecular weight excluding hydrogens is 1770 g/mol. The van der Waals surface area contributed by atoms with E-state index < -0.39 is 47.2 Å². The lowest BCUT2D eigenvalue weighted by molar-refractivity contribution is -0.138. The smallest absolute Gasteiger partial charge is 0.309 e. The predicted molar refractivity (Wildman–Crippen MR) is 528 cm³/mol. The normalized spacial score (nSPS) is 6.28. The highest BCUT2D eigenvalue weighted by Crippen LogP contribution is 2.40. The quantitative estimate of drug-likeness (QED) is 0.170. The van der Waals surface area contributed by atoms with Gasteiger partial charge in [0.05, 0.1) is 29.3 Å². The molecule has 141 heavy (non-hydrogen) atoms. The minimum absolute atomic E-state index is 0.152. The summed E-state index contributed by atoms with van der Waals surface area (Å²) < 4.78 is 79.4. The number of hydrogen-bond donors (Lipinski definition) is 0. The van der Waals surface area contributed by atoms with Crippen LogP contribution < -0.4 is 9.80 Å². The Kier molecular flexibility index (Phi) is 62.3. The Balaban J connectivity index is 0.00000181. The third-order valence-corrected chi connectivity index (χ3v) is 11.5. The van der Waals surface area contributed by atoms with Crippen LogP contribution in [0.25, 0.3) is 4.85 Å². The molecule has 0 bridgehead atoms. The molecule has 13 heteroatoms. The zero-order chi connectivity index (χ0) is 102. The molecule has 1 aliphatic heterocycles. The molecule has 0 unspecified atom stereocenters. The number of thiocarbonyl (C=S) groups is 1. The Morgan fingerprint density at radius 1 is 0.255 bits per heavy atom. The van der Waals surface area contributed by atoms with E-state index >= 15 is 0 Å². The first-order valence-corrected chi connectivity index (χ1v) is 35.9. The van der Waals surface area contributed by atoms with E-state index in [0.29, 0.717) is 12.1 Å². The van der Waals surface area contributed by atoms with Crippen LogP contribution in [-0.4, -0.2) is 17.6 Å². The van der Waals surface area contributed by atoms with Gasteiger partial charge in [-0.25, -0.2) is 4.85 Å². The first-order chi connectivity index (χ1) is 69.3. The van der Waals surface area contributed by atoms with Crippen molar-refractivity contribution in [2.45, 2.75) is 12.4 Å². The summed E-state index contributed by atoms with van der Waals surface area (Å²) in [5.41, 5.74) is -4.24. The van der Waals surface area contributed by atoms with Crippen molar-refractivity contribution in [1.82, 2.24) is 0 Å². The molecule has 2 aromatic rings. The molecule has 0 atom stereocenters. The molecule has 1 aliphatic rings. The van der Waals surface area contributed by atoms with Crippen LogP contribution in [0.5, 0.6) is 0 Å². The van der Waals surface area contributed by atoms with Crippen LogP contribution in [-0.2, 0) is 17.1 Å². The summed E-state index contributed by atoms with van der Waals surface area (Å²) in [6.45, 7) is 6.35. The first kappa shape index (κ1) is 109. The van der Waals surface area contributed by atoms with Gasteiger partial charge in [0.2, 0.25) is 0 Å². The molecule has 0 radical (unpaired) electrons. The van der Waals surface area contributed by atoms with Gasteiger partial charge in [-0.1, -0.05) is 6.07 Å². The lowest BCUT2D eigenvalue weighted by Gasteiger charge is -2.22. The van der Waals surface area contributed by atoms with Crippen molar-refractivity contribution in [3.05, 3.63) is 64.5 Å². The van der Waals surface area contributed by atoms with Gasteiger partial charge >= 0.3 is 12.4 Å². The van der Waals surface area contributed by atoms with Crippen molar-refractivity contribution in [3.8, 4) is 652 Å². The van der Waals surface area contributed by atoms with Crippen LogP contribution >= 0.6 is 12.2 Å². The van der Waals surface area contributed by atoms with E-state index in [0.717, 1.165) is 34.1 Å². The predicted octanol–water partition coefficient (Wildman–Crippen LogP) is 5.61. The summed E-state index contributed by atoms with van der Waals surface area (Å²) in [7, 11) is 0. The van der Waals surface area contributed by atoms with E-state index in [1.807, 2.05) is 0 Å². The van der Waals surface area contributed by atoms with Gasteiger partial charge in [-0.15, -0.1) is 6.42 Å². The van der Waals surface area contributed by atoms with Gasteiger partial charge in [0.25, 0.3) is 5.91 Å². The maximum atomic E-state index is 13.2. The van der Waals surface area contributed by atoms with Crippen molar-refractivity contribution >= 4 is 40.3 Å². The van der Waals surface area contributed by atoms with Crippen LogP contribution in [0.2, 0.25) is 0 Å². The summed E-state index contributed by atoms with van der Waals surface area (Å²) in [5.74, 6) is 264. The van der Waals surface area contributed by atoms with Gasteiger partial charge < -0.3 is 4.90 Å². The zero-order valence-corrected chi connectivity index (χ0v) is 70.9. The molecular formula is C128H9F6N5OS. The minimum Gasteiger partial charge on any atom is -0.309 e. The number of nitriles is 2. The van der Waals surface area contributed by atoms with Crippen LogP contribution in [0.15, 0.2) is 36.4 Å². The average Bonchev–Trinajstić information content (AvgIpc) is 1.63. The Labute approximate surface area is 821 Å². The van der Waals surface area contributed by atoms with Gasteiger partial charge in [-0.3, -0.25) is 9.69 Å². The number of hydrogen-bond acceptors (Lipinski definition) is 4. The molecule has 600 valence electrons. The molecule has 1 amide bonds. The highest BCUT2D eigenvalue weighted by molar-refractivity contribution is 7.81. The molecule has 2 aromatic carbocycles. The second kappa shape index (κ2) is 80.5. The molecule has 3 rings (SSSR count). The number of anilines is 2. The number of carbonyl (C=O) groups excluding carboxylic acids is 1. The molecule has 0 spiro atoms. The Morgan fingerprint density at radius 3 is 0.574 bits per heavy atom. The fourth-order valence-corrected chi connectivity index (χ4v) is 6.67. The molecule has 1 fully saturated rings. The second-order valence-corrected chi connectivity index (χ2v) is 20.1. The summed E-state index contributed by atoms with van der Waals surface area (Å²) >= 11 is 5.14. The number of nitrogens with zero attached hydrogens (tertiary/aromatic N) is 5. The molecule has 0 aromatic heterocycles. The largest absolute Gasteiger partial charge is 0.417 e. The molecule has 6 nitrogen and oxygen atoms in total. The van der Waals surface area contributed by atoms with Crippen LogP contribution in [0.4, 0.5) is 43.4 Å². The summed E-state index contributed by atoms with van der Waals surface area (Å²) in [5, 5.41) is 16.8. The minimum atomic E-state index is -4.87. The first-order valence-electron chi connectivity index (χ1n) is 35.5. The Morgan fingerprint density at radius 2 is 0.418 bits per heavy atom. The van der Waals surface area contributed by atoms with E-state index in [2.05, 4.69) is 638 Å². The van der Waals surface area contributed by atoms with Gasteiger partial charge in [0.1, 0.15) is 6.54 Å². The third-order valence-electron chi connectivity index (χ3n) is 11.1. The molecule has 0 aliphatic carbocycles. The van der Waals surface area contributed by atoms with E-state index in [-0.39, 0.29) is 16.5 Å². The van der Waals surface area contributed by atoms with Crippen LogP contribution in [0, 0.1) is 669 Å². The van der Waals surface area contributed by atoms with Crippen molar-refractivity contribution in [3.63, 3.8) is 0 Å².